The molecule has 5 heteroatoms. The van der Waals surface area contributed by atoms with E-state index in [2.05, 4.69) is 12.2 Å². The summed E-state index contributed by atoms with van der Waals surface area (Å²) in [5.74, 6) is -1.98. The Morgan fingerprint density at radius 1 is 0.833 bits per heavy atom. The number of benzene rings is 1. The van der Waals surface area contributed by atoms with E-state index in [4.69, 9.17) is 0 Å². The van der Waals surface area contributed by atoms with Gasteiger partial charge in [0.05, 0.1) is 0 Å². The number of phenols is 3. The summed E-state index contributed by atoms with van der Waals surface area (Å²) in [6.07, 6.45) is 12.4. The lowest BCUT2D eigenvalue weighted by molar-refractivity contribution is 0.0952. The highest BCUT2D eigenvalue weighted by atomic mass is 16.3. The number of carbonyl (C=O) groups is 1. The first kappa shape index (κ1) is 20.1. The fraction of sp³-hybridized carbons (Fsp3) is 0.632. The summed E-state index contributed by atoms with van der Waals surface area (Å²) in [7, 11) is 0. The normalized spacial score (nSPS) is 10.7. The molecule has 0 saturated carbocycles. The van der Waals surface area contributed by atoms with Crippen LogP contribution in [0.25, 0.3) is 0 Å². The minimum Gasteiger partial charge on any atom is -0.504 e. The second-order valence-corrected chi connectivity index (χ2v) is 6.30. The summed E-state index contributed by atoms with van der Waals surface area (Å²) in [6.45, 7) is 2.80. The van der Waals surface area contributed by atoms with E-state index in [9.17, 15) is 20.1 Å². The molecule has 1 aromatic carbocycles. The van der Waals surface area contributed by atoms with Crippen molar-refractivity contribution < 1.29 is 20.1 Å². The minimum atomic E-state index is -0.610. The zero-order valence-electron chi connectivity index (χ0n) is 14.7. The Kier molecular flexibility index (Phi) is 9.73. The van der Waals surface area contributed by atoms with Crippen LogP contribution in [0.3, 0.4) is 0 Å². The minimum absolute atomic E-state index is 0.134. The summed E-state index contributed by atoms with van der Waals surface area (Å²) in [5, 5.41) is 30.8. The van der Waals surface area contributed by atoms with E-state index >= 15 is 0 Å². The van der Waals surface area contributed by atoms with Crippen molar-refractivity contribution in [2.24, 2.45) is 0 Å². The average Bonchev–Trinajstić information content (AvgIpc) is 2.56. The predicted octanol–water partition coefficient (Wildman–Crippen LogP) is 4.45. The highest BCUT2D eigenvalue weighted by Gasteiger charge is 2.12. The van der Waals surface area contributed by atoms with Crippen molar-refractivity contribution in [3.05, 3.63) is 17.7 Å². The first-order valence-electron chi connectivity index (χ1n) is 9.09. The lowest BCUT2D eigenvalue weighted by Crippen LogP contribution is -2.24. The van der Waals surface area contributed by atoms with Gasteiger partial charge in [-0.15, -0.1) is 0 Å². The third-order valence-electron chi connectivity index (χ3n) is 4.15. The van der Waals surface area contributed by atoms with Gasteiger partial charge in [0.1, 0.15) is 0 Å². The molecule has 0 spiro atoms. The maximum Gasteiger partial charge on any atom is 0.251 e. The molecule has 0 aliphatic heterocycles. The summed E-state index contributed by atoms with van der Waals surface area (Å²) in [4.78, 5) is 11.9. The number of phenolic OH excluding ortho intramolecular Hbond substituents is 3. The molecule has 24 heavy (non-hydrogen) atoms. The van der Waals surface area contributed by atoms with E-state index in [1.54, 1.807) is 0 Å². The Morgan fingerprint density at radius 2 is 1.29 bits per heavy atom. The van der Waals surface area contributed by atoms with Gasteiger partial charge in [0.2, 0.25) is 0 Å². The third kappa shape index (κ3) is 7.57. The summed E-state index contributed by atoms with van der Waals surface area (Å²) < 4.78 is 0. The number of unbranched alkanes of at least 4 members (excludes halogenated alkanes) is 9. The zero-order valence-corrected chi connectivity index (χ0v) is 14.7. The Morgan fingerprint density at radius 3 is 1.79 bits per heavy atom. The maximum atomic E-state index is 11.9. The molecule has 0 saturated heterocycles. The van der Waals surface area contributed by atoms with Gasteiger partial charge in [-0.1, -0.05) is 64.7 Å². The van der Waals surface area contributed by atoms with Gasteiger partial charge < -0.3 is 20.6 Å². The molecule has 0 bridgehead atoms. The van der Waals surface area contributed by atoms with Crippen molar-refractivity contribution in [3.63, 3.8) is 0 Å². The third-order valence-corrected chi connectivity index (χ3v) is 4.15. The van der Waals surface area contributed by atoms with E-state index in [-0.39, 0.29) is 11.5 Å². The second-order valence-electron chi connectivity index (χ2n) is 6.30. The van der Waals surface area contributed by atoms with E-state index in [0.717, 1.165) is 25.0 Å². The molecule has 5 nitrogen and oxygen atoms in total. The summed E-state index contributed by atoms with van der Waals surface area (Å²) >= 11 is 0. The Balaban J connectivity index is 2.08. The molecule has 0 radical (unpaired) electrons. The Bertz CT molecular complexity index is 479. The largest absolute Gasteiger partial charge is 0.504 e. The van der Waals surface area contributed by atoms with Crippen LogP contribution < -0.4 is 5.32 Å². The molecular formula is C19H31NO4. The van der Waals surface area contributed by atoms with Crippen LogP contribution in [0.5, 0.6) is 17.2 Å². The van der Waals surface area contributed by atoms with Crippen molar-refractivity contribution in [1.29, 1.82) is 0 Å². The molecule has 1 amide bonds. The molecule has 0 aliphatic rings. The fourth-order valence-corrected chi connectivity index (χ4v) is 2.65. The van der Waals surface area contributed by atoms with Crippen molar-refractivity contribution in [2.45, 2.75) is 71.1 Å². The molecule has 0 unspecified atom stereocenters. The molecule has 4 N–H and O–H groups in total. The van der Waals surface area contributed by atoms with Gasteiger partial charge in [0.25, 0.3) is 5.91 Å². The van der Waals surface area contributed by atoms with Gasteiger partial charge >= 0.3 is 0 Å². The quantitative estimate of drug-likeness (QED) is 0.335. The van der Waals surface area contributed by atoms with Gasteiger partial charge in [-0.05, 0) is 18.6 Å². The van der Waals surface area contributed by atoms with Gasteiger partial charge in [-0.3, -0.25) is 4.79 Å². The van der Waals surface area contributed by atoms with Crippen LogP contribution in [-0.2, 0) is 0 Å². The lowest BCUT2D eigenvalue weighted by atomic mass is 10.1. The number of rotatable bonds is 12. The highest BCUT2D eigenvalue weighted by molar-refractivity contribution is 5.95. The number of hydrogen-bond donors (Lipinski definition) is 4. The van der Waals surface area contributed by atoms with Gasteiger partial charge in [0.15, 0.2) is 17.2 Å². The van der Waals surface area contributed by atoms with Crippen LogP contribution >= 0.6 is 0 Å². The predicted molar refractivity (Wildman–Crippen MR) is 95.6 cm³/mol. The van der Waals surface area contributed by atoms with Crippen LogP contribution in [0, 0.1) is 0 Å². The SMILES string of the molecule is CCCCCCCCCCCCNC(=O)c1cc(O)c(O)c(O)c1. The molecule has 0 aliphatic carbocycles. The van der Waals surface area contributed by atoms with Crippen LogP contribution in [-0.4, -0.2) is 27.8 Å². The smallest absolute Gasteiger partial charge is 0.251 e. The second kappa shape index (κ2) is 11.6. The van der Waals surface area contributed by atoms with E-state index in [1.807, 2.05) is 0 Å². The van der Waals surface area contributed by atoms with Gasteiger partial charge in [-0.2, -0.15) is 0 Å². The maximum absolute atomic E-state index is 11.9. The molecule has 136 valence electrons. The first-order chi connectivity index (χ1) is 11.6. The standard InChI is InChI=1S/C19H31NO4/c1-2-3-4-5-6-7-8-9-10-11-12-20-19(24)15-13-16(21)18(23)17(22)14-15/h13-14,21-23H,2-12H2,1H3,(H,20,24). The number of hydrogen-bond acceptors (Lipinski definition) is 4. The highest BCUT2D eigenvalue weighted by Crippen LogP contribution is 2.35. The van der Waals surface area contributed by atoms with Crippen molar-refractivity contribution in [3.8, 4) is 17.2 Å². The van der Waals surface area contributed by atoms with Crippen molar-refractivity contribution in [1.82, 2.24) is 5.32 Å². The molecular weight excluding hydrogens is 306 g/mol. The topological polar surface area (TPSA) is 89.8 Å². The number of nitrogens with one attached hydrogen (secondary N) is 1. The molecule has 0 heterocycles. The molecule has 1 rings (SSSR count). The number of amides is 1. The lowest BCUT2D eigenvalue weighted by Gasteiger charge is -2.07. The summed E-state index contributed by atoms with van der Waals surface area (Å²) in [6, 6.07) is 2.28. The molecule has 0 atom stereocenters. The first-order valence-corrected chi connectivity index (χ1v) is 9.09. The monoisotopic (exact) mass is 337 g/mol. The van der Waals surface area contributed by atoms with Crippen LogP contribution in [0.2, 0.25) is 0 Å². The summed E-state index contributed by atoms with van der Waals surface area (Å²) in [5.41, 5.74) is 0.134. The fourth-order valence-electron chi connectivity index (χ4n) is 2.65. The molecule has 0 fully saturated rings. The number of aromatic hydroxyl groups is 3. The molecule has 1 aromatic rings. The van der Waals surface area contributed by atoms with Crippen LogP contribution in [0.15, 0.2) is 12.1 Å². The zero-order chi connectivity index (χ0) is 17.8. The Labute approximate surface area is 144 Å². The number of carbonyl (C=O) groups excluding carboxylic acids is 1. The van der Waals surface area contributed by atoms with Crippen LogP contribution in [0.4, 0.5) is 0 Å². The van der Waals surface area contributed by atoms with Gasteiger partial charge in [-0.25, -0.2) is 0 Å². The van der Waals surface area contributed by atoms with Crippen LogP contribution in [0.1, 0.15) is 81.5 Å². The average molecular weight is 337 g/mol. The molecule has 0 aromatic heterocycles. The van der Waals surface area contributed by atoms with Gasteiger partial charge in [0, 0.05) is 12.1 Å². The van der Waals surface area contributed by atoms with Crippen molar-refractivity contribution >= 4 is 5.91 Å². The van der Waals surface area contributed by atoms with E-state index in [0.29, 0.717) is 6.54 Å². The Hall–Kier alpha value is -1.91. The van der Waals surface area contributed by atoms with Crippen molar-refractivity contribution in [2.75, 3.05) is 6.54 Å². The van der Waals surface area contributed by atoms with E-state index < -0.39 is 17.2 Å². The van der Waals surface area contributed by atoms with E-state index in [1.165, 1.54) is 51.4 Å².